The Hall–Kier alpha value is -2.74. The molecule has 8 heteroatoms. The highest BCUT2D eigenvalue weighted by Crippen LogP contribution is 2.35. The van der Waals surface area contributed by atoms with Crippen molar-refractivity contribution in [2.45, 2.75) is 58.4 Å². The number of aromatic nitrogens is 4. The Morgan fingerprint density at radius 1 is 1.00 bits per heavy atom. The van der Waals surface area contributed by atoms with Gasteiger partial charge in [0.15, 0.2) is 5.82 Å². The van der Waals surface area contributed by atoms with Gasteiger partial charge in [0.05, 0.1) is 17.1 Å². The summed E-state index contributed by atoms with van der Waals surface area (Å²) in [7, 11) is 0. The van der Waals surface area contributed by atoms with Crippen molar-refractivity contribution in [3.05, 3.63) is 77.1 Å². The average molecular weight is 432 g/mol. The normalized spacial score (nSPS) is 13.5. The first-order valence-electron chi connectivity index (χ1n) is 10.4. The molecule has 166 valence electrons. The summed E-state index contributed by atoms with van der Waals surface area (Å²) in [5, 5.41) is 12.4. The largest absolute Gasteiger partial charge is 0.416 e. The van der Waals surface area contributed by atoms with E-state index in [2.05, 4.69) is 20.4 Å². The summed E-state index contributed by atoms with van der Waals surface area (Å²) < 4.78 is 42.1. The number of nitrogens with zero attached hydrogens (tertiary/aromatic N) is 5. The standard InChI is InChI=1S/C23H28F3N5/c1-5-22(3,4)31-21(27-28-29-31)20(18-13-10-14-19(15-18)23(24,25)26)30(6-2)16-17-11-8-7-9-12-17/h7-15,20H,5-6,16H2,1-4H3/t20-/m0/s1. The fourth-order valence-corrected chi connectivity index (χ4v) is 3.56. The first kappa shape index (κ1) is 22.9. The van der Waals surface area contributed by atoms with Gasteiger partial charge in [0.25, 0.3) is 0 Å². The van der Waals surface area contributed by atoms with Crippen LogP contribution in [0.25, 0.3) is 0 Å². The van der Waals surface area contributed by atoms with Crippen molar-refractivity contribution in [3.63, 3.8) is 0 Å². The zero-order valence-electron chi connectivity index (χ0n) is 18.3. The number of alkyl halides is 3. The van der Waals surface area contributed by atoms with Gasteiger partial charge in [-0.05, 0) is 60.5 Å². The molecule has 0 unspecified atom stereocenters. The zero-order chi connectivity index (χ0) is 22.6. The van der Waals surface area contributed by atoms with E-state index in [1.165, 1.54) is 12.1 Å². The second kappa shape index (κ2) is 9.18. The molecular weight excluding hydrogens is 403 g/mol. The minimum absolute atomic E-state index is 0.384. The minimum Gasteiger partial charge on any atom is -0.286 e. The highest BCUT2D eigenvalue weighted by Gasteiger charge is 2.35. The summed E-state index contributed by atoms with van der Waals surface area (Å²) in [6.45, 7) is 9.22. The van der Waals surface area contributed by atoms with Crippen molar-refractivity contribution in [2.24, 2.45) is 0 Å². The van der Waals surface area contributed by atoms with Crippen LogP contribution in [0.3, 0.4) is 0 Å². The maximum atomic E-state index is 13.5. The Morgan fingerprint density at radius 3 is 2.32 bits per heavy atom. The molecule has 0 aliphatic carbocycles. The molecule has 0 spiro atoms. The van der Waals surface area contributed by atoms with Gasteiger partial charge in [0.2, 0.25) is 0 Å². The fourth-order valence-electron chi connectivity index (χ4n) is 3.56. The quantitative estimate of drug-likeness (QED) is 0.476. The van der Waals surface area contributed by atoms with Gasteiger partial charge in [-0.15, -0.1) is 5.10 Å². The second-order valence-corrected chi connectivity index (χ2v) is 8.19. The molecule has 0 N–H and O–H groups in total. The van der Waals surface area contributed by atoms with Crippen molar-refractivity contribution in [2.75, 3.05) is 6.54 Å². The molecule has 0 radical (unpaired) electrons. The third-order valence-electron chi connectivity index (χ3n) is 5.71. The molecule has 3 aromatic rings. The van der Waals surface area contributed by atoms with Crippen LogP contribution in [0.2, 0.25) is 0 Å². The zero-order valence-corrected chi connectivity index (χ0v) is 18.3. The summed E-state index contributed by atoms with van der Waals surface area (Å²) in [6, 6.07) is 14.8. The van der Waals surface area contributed by atoms with E-state index in [4.69, 9.17) is 0 Å². The monoisotopic (exact) mass is 431 g/mol. The van der Waals surface area contributed by atoms with E-state index in [0.717, 1.165) is 18.1 Å². The van der Waals surface area contributed by atoms with Gasteiger partial charge < -0.3 is 0 Å². The first-order valence-corrected chi connectivity index (χ1v) is 10.4. The van der Waals surface area contributed by atoms with Crippen LogP contribution in [-0.4, -0.2) is 31.7 Å². The summed E-state index contributed by atoms with van der Waals surface area (Å²) in [5.41, 5.74) is 0.510. The lowest BCUT2D eigenvalue weighted by Crippen LogP contribution is -2.36. The smallest absolute Gasteiger partial charge is 0.286 e. The molecule has 31 heavy (non-hydrogen) atoms. The van der Waals surface area contributed by atoms with Crippen molar-refractivity contribution in [1.29, 1.82) is 0 Å². The molecule has 0 aliphatic rings. The van der Waals surface area contributed by atoms with E-state index in [1.807, 2.05) is 58.0 Å². The third kappa shape index (κ3) is 5.12. The van der Waals surface area contributed by atoms with E-state index >= 15 is 0 Å². The molecule has 1 aromatic heterocycles. The molecule has 0 fully saturated rings. The van der Waals surface area contributed by atoms with Gasteiger partial charge in [0.1, 0.15) is 0 Å². The van der Waals surface area contributed by atoms with Crippen molar-refractivity contribution < 1.29 is 13.2 Å². The summed E-state index contributed by atoms with van der Waals surface area (Å²) >= 11 is 0. The average Bonchev–Trinajstić information content (AvgIpc) is 3.24. The van der Waals surface area contributed by atoms with Gasteiger partial charge in [-0.3, -0.25) is 4.90 Å². The third-order valence-corrected chi connectivity index (χ3v) is 5.71. The Morgan fingerprint density at radius 2 is 1.71 bits per heavy atom. The predicted octanol–water partition coefficient (Wildman–Crippen LogP) is 5.45. The van der Waals surface area contributed by atoms with E-state index in [0.29, 0.717) is 24.5 Å². The predicted molar refractivity (Wildman–Crippen MR) is 113 cm³/mol. The molecule has 0 amide bonds. The fraction of sp³-hybridized carbons (Fsp3) is 0.435. The molecular formula is C23H28F3N5. The molecule has 0 aliphatic heterocycles. The first-order chi connectivity index (χ1) is 14.7. The van der Waals surface area contributed by atoms with E-state index in [-0.39, 0.29) is 5.54 Å². The number of hydrogen-bond acceptors (Lipinski definition) is 4. The molecule has 0 saturated carbocycles. The lowest BCUT2D eigenvalue weighted by Gasteiger charge is -2.33. The Bertz CT molecular complexity index is 982. The molecule has 5 nitrogen and oxygen atoms in total. The Balaban J connectivity index is 2.14. The maximum Gasteiger partial charge on any atom is 0.416 e. The van der Waals surface area contributed by atoms with E-state index < -0.39 is 17.8 Å². The molecule has 1 heterocycles. The molecule has 1 atom stereocenters. The van der Waals surface area contributed by atoms with Crippen LogP contribution >= 0.6 is 0 Å². The molecule has 3 rings (SSSR count). The van der Waals surface area contributed by atoms with Crippen LogP contribution < -0.4 is 0 Å². The van der Waals surface area contributed by atoms with Crippen molar-refractivity contribution in [1.82, 2.24) is 25.1 Å². The van der Waals surface area contributed by atoms with Crippen molar-refractivity contribution >= 4 is 0 Å². The number of rotatable bonds is 8. The SMILES string of the molecule is CCN(Cc1ccccc1)[C@@H](c1cccc(C(F)(F)F)c1)c1nnnn1C(C)(C)CC. The van der Waals surface area contributed by atoms with Gasteiger partial charge in [-0.1, -0.05) is 56.3 Å². The van der Waals surface area contributed by atoms with E-state index in [1.54, 1.807) is 10.7 Å². The van der Waals surface area contributed by atoms with Crippen LogP contribution in [0.15, 0.2) is 54.6 Å². The topological polar surface area (TPSA) is 46.8 Å². The number of halogens is 3. The van der Waals surface area contributed by atoms with Gasteiger partial charge in [-0.25, -0.2) is 4.68 Å². The highest BCUT2D eigenvalue weighted by atomic mass is 19.4. The van der Waals surface area contributed by atoms with Crippen LogP contribution in [0.4, 0.5) is 13.2 Å². The number of hydrogen-bond donors (Lipinski definition) is 0. The Labute approximate surface area is 180 Å². The Kier molecular flexibility index (Phi) is 6.79. The van der Waals surface area contributed by atoms with Crippen LogP contribution in [-0.2, 0) is 18.3 Å². The summed E-state index contributed by atoms with van der Waals surface area (Å²) in [4.78, 5) is 2.10. The van der Waals surface area contributed by atoms with Crippen LogP contribution in [0.5, 0.6) is 0 Å². The van der Waals surface area contributed by atoms with Gasteiger partial charge in [-0.2, -0.15) is 13.2 Å². The summed E-state index contributed by atoms with van der Waals surface area (Å²) in [5.74, 6) is 0.531. The highest BCUT2D eigenvalue weighted by molar-refractivity contribution is 5.32. The number of tetrazole rings is 1. The van der Waals surface area contributed by atoms with Gasteiger partial charge in [0, 0.05) is 6.54 Å². The lowest BCUT2D eigenvalue weighted by atomic mass is 9.98. The summed E-state index contributed by atoms with van der Waals surface area (Å²) in [6.07, 6.45) is -3.66. The molecule has 0 bridgehead atoms. The van der Waals surface area contributed by atoms with Crippen LogP contribution in [0, 0.1) is 0 Å². The lowest BCUT2D eigenvalue weighted by molar-refractivity contribution is -0.137. The number of benzene rings is 2. The molecule has 0 saturated heterocycles. The van der Waals surface area contributed by atoms with Crippen LogP contribution in [0.1, 0.15) is 62.7 Å². The molecule has 2 aromatic carbocycles. The maximum absolute atomic E-state index is 13.5. The van der Waals surface area contributed by atoms with Crippen molar-refractivity contribution in [3.8, 4) is 0 Å². The van der Waals surface area contributed by atoms with Gasteiger partial charge >= 0.3 is 6.18 Å². The van der Waals surface area contributed by atoms with E-state index in [9.17, 15) is 13.2 Å². The minimum atomic E-state index is -4.42. The second-order valence-electron chi connectivity index (χ2n) is 8.19.